The second kappa shape index (κ2) is 9.57. The first kappa shape index (κ1) is 22.1. The largest absolute Gasteiger partial charge is 0.504 e. The average molecular weight is 440 g/mol. The smallest absolute Gasteiger partial charge is 0.163 e. The summed E-state index contributed by atoms with van der Waals surface area (Å²) in [6, 6.07) is 19.2. The molecule has 0 saturated carbocycles. The van der Waals surface area contributed by atoms with Gasteiger partial charge in [-0.1, -0.05) is 42.5 Å². The Labute approximate surface area is 192 Å². The molecule has 0 aliphatic rings. The zero-order valence-electron chi connectivity index (χ0n) is 18.6. The molecule has 4 rings (SSSR count). The van der Waals surface area contributed by atoms with Crippen LogP contribution in [0.2, 0.25) is 0 Å². The molecular formula is C28H25NO4. The number of benzene rings is 3. The SMILES string of the molecule is CCn1c2ccccc2c2cc(C=CC(=O)CC(=O)C=Cc3ccc(OC)c(O)c3)ccc21. The number of hydrogen-bond donors (Lipinski definition) is 1. The summed E-state index contributed by atoms with van der Waals surface area (Å²) in [5.74, 6) is -0.221. The van der Waals surface area contributed by atoms with Crippen LogP contribution < -0.4 is 4.74 Å². The Bertz CT molecular complexity index is 1410. The number of phenolic OH excluding ortho intramolecular Hbond substituents is 1. The topological polar surface area (TPSA) is 68.5 Å². The van der Waals surface area contributed by atoms with Crippen molar-refractivity contribution in [2.45, 2.75) is 19.9 Å². The van der Waals surface area contributed by atoms with Crippen molar-refractivity contribution in [1.29, 1.82) is 0 Å². The van der Waals surface area contributed by atoms with Gasteiger partial charge in [-0.3, -0.25) is 9.59 Å². The van der Waals surface area contributed by atoms with Crippen LogP contribution in [0.5, 0.6) is 11.5 Å². The van der Waals surface area contributed by atoms with E-state index in [9.17, 15) is 14.7 Å². The third-order valence-corrected chi connectivity index (χ3v) is 5.59. The van der Waals surface area contributed by atoms with Gasteiger partial charge in [0.2, 0.25) is 0 Å². The minimum atomic E-state index is -0.304. The van der Waals surface area contributed by atoms with Crippen LogP contribution in [-0.4, -0.2) is 28.3 Å². The first-order chi connectivity index (χ1) is 16.0. The predicted molar refractivity (Wildman–Crippen MR) is 132 cm³/mol. The zero-order valence-corrected chi connectivity index (χ0v) is 18.6. The van der Waals surface area contributed by atoms with Crippen molar-refractivity contribution in [1.82, 2.24) is 4.57 Å². The third-order valence-electron chi connectivity index (χ3n) is 5.59. The average Bonchev–Trinajstić information content (AvgIpc) is 3.14. The highest BCUT2D eigenvalue weighted by Crippen LogP contribution is 2.30. The molecule has 166 valence electrons. The van der Waals surface area contributed by atoms with Crippen LogP contribution in [0.25, 0.3) is 34.0 Å². The molecule has 0 spiro atoms. The number of rotatable bonds is 8. The van der Waals surface area contributed by atoms with E-state index in [1.54, 1.807) is 24.3 Å². The number of methoxy groups -OCH3 is 1. The van der Waals surface area contributed by atoms with Gasteiger partial charge in [-0.2, -0.15) is 0 Å². The molecule has 3 aromatic carbocycles. The van der Waals surface area contributed by atoms with E-state index in [0.29, 0.717) is 11.3 Å². The molecule has 0 amide bonds. The monoisotopic (exact) mass is 439 g/mol. The van der Waals surface area contributed by atoms with Crippen LogP contribution in [0, 0.1) is 0 Å². The van der Waals surface area contributed by atoms with Crippen LogP contribution >= 0.6 is 0 Å². The van der Waals surface area contributed by atoms with Crippen LogP contribution in [-0.2, 0) is 16.1 Å². The van der Waals surface area contributed by atoms with Gasteiger partial charge in [-0.05, 0) is 60.5 Å². The van der Waals surface area contributed by atoms with E-state index in [1.165, 1.54) is 36.2 Å². The summed E-state index contributed by atoms with van der Waals surface area (Å²) in [7, 11) is 1.47. The van der Waals surface area contributed by atoms with E-state index in [0.717, 1.165) is 23.0 Å². The van der Waals surface area contributed by atoms with Crippen molar-refractivity contribution in [2.75, 3.05) is 7.11 Å². The summed E-state index contributed by atoms with van der Waals surface area (Å²) in [5, 5.41) is 12.1. The molecular weight excluding hydrogens is 414 g/mol. The van der Waals surface area contributed by atoms with Crippen molar-refractivity contribution in [3.8, 4) is 11.5 Å². The lowest BCUT2D eigenvalue weighted by molar-refractivity contribution is -0.121. The molecule has 0 unspecified atom stereocenters. The summed E-state index contributed by atoms with van der Waals surface area (Å²) in [5.41, 5.74) is 3.90. The standard InChI is InChI=1S/C28H25NO4/c1-3-29-25-7-5-4-6-23(25)24-16-19(10-14-26(24)29)8-12-21(30)18-22(31)13-9-20-11-15-28(33-2)27(32)17-20/h4-17,32H,3,18H2,1-2H3. The lowest BCUT2D eigenvalue weighted by atomic mass is 10.1. The zero-order chi connectivity index (χ0) is 23.4. The molecule has 1 heterocycles. The normalized spacial score (nSPS) is 11.7. The van der Waals surface area contributed by atoms with Crippen molar-refractivity contribution in [3.63, 3.8) is 0 Å². The van der Waals surface area contributed by atoms with Gasteiger partial charge in [0.05, 0.1) is 13.5 Å². The number of allylic oxidation sites excluding steroid dienone is 2. The fraction of sp³-hybridized carbons (Fsp3) is 0.143. The number of para-hydroxylation sites is 1. The van der Waals surface area contributed by atoms with Crippen LogP contribution in [0.4, 0.5) is 0 Å². The van der Waals surface area contributed by atoms with Crippen LogP contribution in [0.1, 0.15) is 24.5 Å². The Morgan fingerprint density at radius 1 is 0.879 bits per heavy atom. The van der Waals surface area contributed by atoms with Gasteiger partial charge >= 0.3 is 0 Å². The molecule has 0 saturated heterocycles. The van der Waals surface area contributed by atoms with Crippen molar-refractivity contribution < 1.29 is 19.4 Å². The molecule has 0 aliphatic heterocycles. The van der Waals surface area contributed by atoms with Crippen molar-refractivity contribution in [3.05, 3.63) is 83.9 Å². The molecule has 0 atom stereocenters. The Hall–Kier alpha value is -4.12. The van der Waals surface area contributed by atoms with Gasteiger partial charge in [0, 0.05) is 28.4 Å². The molecule has 0 fully saturated rings. The van der Waals surface area contributed by atoms with Gasteiger partial charge in [0.15, 0.2) is 23.1 Å². The molecule has 1 N–H and O–H groups in total. The number of nitrogens with zero attached hydrogens (tertiary/aromatic N) is 1. The van der Waals surface area contributed by atoms with Crippen LogP contribution in [0.15, 0.2) is 72.8 Å². The van der Waals surface area contributed by atoms with E-state index < -0.39 is 0 Å². The summed E-state index contributed by atoms with van der Waals surface area (Å²) in [6.45, 7) is 3.00. The minimum Gasteiger partial charge on any atom is -0.504 e. The molecule has 4 aromatic rings. The Morgan fingerprint density at radius 2 is 1.52 bits per heavy atom. The maximum atomic E-state index is 12.3. The Kier molecular flexibility index (Phi) is 6.41. The highest BCUT2D eigenvalue weighted by molar-refractivity contribution is 6.11. The maximum absolute atomic E-state index is 12.3. The number of phenols is 1. The van der Waals surface area contributed by atoms with E-state index >= 15 is 0 Å². The minimum absolute atomic E-state index is 0.00913. The summed E-state index contributed by atoms with van der Waals surface area (Å²) in [4.78, 5) is 24.5. The number of ether oxygens (including phenoxy) is 1. The Morgan fingerprint density at radius 3 is 2.18 bits per heavy atom. The van der Waals surface area contributed by atoms with Gasteiger partial charge < -0.3 is 14.4 Å². The van der Waals surface area contributed by atoms with Gasteiger partial charge in [-0.15, -0.1) is 0 Å². The highest BCUT2D eigenvalue weighted by Gasteiger charge is 2.09. The first-order valence-electron chi connectivity index (χ1n) is 10.8. The molecule has 0 aliphatic carbocycles. The first-order valence-corrected chi connectivity index (χ1v) is 10.8. The van der Waals surface area contributed by atoms with Crippen molar-refractivity contribution >= 4 is 45.5 Å². The number of aromatic nitrogens is 1. The Balaban J connectivity index is 1.45. The summed E-state index contributed by atoms with van der Waals surface area (Å²) in [6.07, 6.45) is 5.89. The second-order valence-corrected chi connectivity index (χ2v) is 7.75. The van der Waals surface area contributed by atoms with E-state index in [4.69, 9.17) is 4.74 Å². The summed E-state index contributed by atoms with van der Waals surface area (Å²) < 4.78 is 7.27. The number of aromatic hydroxyl groups is 1. The van der Waals surface area contributed by atoms with Gasteiger partial charge in [0.1, 0.15) is 0 Å². The second-order valence-electron chi connectivity index (χ2n) is 7.75. The molecule has 5 nitrogen and oxygen atoms in total. The highest BCUT2D eigenvalue weighted by atomic mass is 16.5. The van der Waals surface area contributed by atoms with E-state index in [-0.39, 0.29) is 23.7 Å². The number of fused-ring (bicyclic) bond motifs is 3. The lowest BCUT2D eigenvalue weighted by Crippen LogP contribution is -2.01. The number of carbonyl (C=O) groups excluding carboxylic acids is 2. The van der Waals surface area contributed by atoms with Gasteiger partial charge in [0.25, 0.3) is 0 Å². The molecule has 5 heteroatoms. The number of carbonyl (C=O) groups is 2. The third kappa shape index (κ3) is 4.72. The lowest BCUT2D eigenvalue weighted by Gasteiger charge is -2.03. The van der Waals surface area contributed by atoms with Crippen LogP contribution in [0.3, 0.4) is 0 Å². The number of hydrogen-bond acceptors (Lipinski definition) is 4. The summed E-state index contributed by atoms with van der Waals surface area (Å²) >= 11 is 0. The van der Waals surface area contributed by atoms with E-state index in [1.807, 2.05) is 18.2 Å². The predicted octanol–water partition coefficient (Wildman–Crippen LogP) is 5.78. The maximum Gasteiger partial charge on any atom is 0.163 e. The quantitative estimate of drug-likeness (QED) is 0.279. The van der Waals surface area contributed by atoms with E-state index in [2.05, 4.69) is 35.8 Å². The fourth-order valence-corrected chi connectivity index (χ4v) is 3.99. The van der Waals surface area contributed by atoms with Crippen molar-refractivity contribution in [2.24, 2.45) is 0 Å². The van der Waals surface area contributed by atoms with Gasteiger partial charge in [-0.25, -0.2) is 0 Å². The fourth-order valence-electron chi connectivity index (χ4n) is 3.99. The number of aryl methyl sites for hydroxylation is 1. The molecule has 0 bridgehead atoms. The molecule has 33 heavy (non-hydrogen) atoms. The molecule has 0 radical (unpaired) electrons. The molecule has 1 aromatic heterocycles. The number of ketones is 2.